The van der Waals surface area contributed by atoms with Gasteiger partial charge < -0.3 is 10.1 Å². The molecule has 0 aliphatic heterocycles. The topological polar surface area (TPSA) is 24.5 Å². The van der Waals surface area contributed by atoms with Crippen molar-refractivity contribution in [2.75, 3.05) is 26.7 Å². The van der Waals surface area contributed by atoms with E-state index in [4.69, 9.17) is 4.74 Å². The Morgan fingerprint density at radius 3 is 2.48 bits per heavy atom. The van der Waals surface area contributed by atoms with Crippen LogP contribution in [0, 0.1) is 11.8 Å². The molecule has 0 spiro atoms. The maximum absolute atomic E-state index is 5.73. The van der Waals surface area contributed by atoms with Gasteiger partial charge in [-0.1, -0.05) is 20.8 Å². The molecule has 0 heterocycles. The molecule has 1 N–H and O–H groups in total. The molecule has 1 fully saturated rings. The molecule has 0 aromatic carbocycles. The maximum atomic E-state index is 5.73. The van der Waals surface area contributed by atoms with Crippen LogP contribution in [0.3, 0.4) is 0 Å². The predicted molar refractivity (Wildman–Crippen MR) is 91.8 cm³/mol. The highest BCUT2D eigenvalue weighted by Crippen LogP contribution is 2.32. The molecule has 1 rings (SSSR count). The van der Waals surface area contributed by atoms with Crippen LogP contribution in [-0.2, 0) is 4.74 Å². The molecule has 1 aliphatic carbocycles. The molecular weight excluding hydrogens is 260 g/mol. The molecule has 1 saturated carbocycles. The normalized spacial score (nSPS) is 27.0. The number of ether oxygens (including phenoxy) is 1. The van der Waals surface area contributed by atoms with Gasteiger partial charge in [0.15, 0.2) is 0 Å². The summed E-state index contributed by atoms with van der Waals surface area (Å²) in [6.07, 6.45) is 5.59. The second-order valence-electron chi connectivity index (χ2n) is 7.35. The molecule has 3 unspecified atom stereocenters. The molecule has 0 amide bonds. The van der Waals surface area contributed by atoms with Crippen LogP contribution in [0.5, 0.6) is 0 Å². The van der Waals surface area contributed by atoms with E-state index in [9.17, 15) is 0 Å². The largest absolute Gasteiger partial charge is 0.377 e. The van der Waals surface area contributed by atoms with Gasteiger partial charge in [-0.2, -0.15) is 0 Å². The smallest absolute Gasteiger partial charge is 0.0596 e. The van der Waals surface area contributed by atoms with Crippen molar-refractivity contribution in [2.24, 2.45) is 11.8 Å². The summed E-state index contributed by atoms with van der Waals surface area (Å²) < 4.78 is 5.73. The van der Waals surface area contributed by atoms with E-state index in [1.165, 1.54) is 25.7 Å². The van der Waals surface area contributed by atoms with E-state index in [1.54, 1.807) is 0 Å². The molecular formula is C18H38N2O. The van der Waals surface area contributed by atoms with Crippen molar-refractivity contribution in [3.8, 4) is 0 Å². The van der Waals surface area contributed by atoms with Crippen LogP contribution in [0.15, 0.2) is 0 Å². The summed E-state index contributed by atoms with van der Waals surface area (Å²) in [7, 11) is 2.28. The van der Waals surface area contributed by atoms with Crippen LogP contribution in [-0.4, -0.2) is 49.8 Å². The van der Waals surface area contributed by atoms with E-state index in [-0.39, 0.29) is 0 Å². The lowest BCUT2D eigenvalue weighted by Crippen LogP contribution is -2.53. The summed E-state index contributed by atoms with van der Waals surface area (Å²) in [6, 6.07) is 1.32. The van der Waals surface area contributed by atoms with Crippen molar-refractivity contribution in [3.63, 3.8) is 0 Å². The average molecular weight is 299 g/mol. The Morgan fingerprint density at radius 2 is 1.90 bits per heavy atom. The number of likely N-dealkylation sites (N-methyl/N-ethyl adjacent to an activating group) is 1. The fraction of sp³-hybridized carbons (Fsp3) is 1.00. The average Bonchev–Trinajstić information content (AvgIpc) is 2.44. The summed E-state index contributed by atoms with van der Waals surface area (Å²) in [6.45, 7) is 14.3. The van der Waals surface area contributed by atoms with Gasteiger partial charge >= 0.3 is 0 Å². The summed E-state index contributed by atoms with van der Waals surface area (Å²) in [5, 5.41) is 3.78. The first-order valence-corrected chi connectivity index (χ1v) is 9.00. The zero-order valence-electron chi connectivity index (χ0n) is 15.2. The molecule has 0 aromatic heterocycles. The fourth-order valence-electron chi connectivity index (χ4n) is 3.44. The van der Waals surface area contributed by atoms with Gasteiger partial charge in [0, 0.05) is 18.6 Å². The lowest BCUT2D eigenvalue weighted by molar-refractivity contribution is 0.0372. The second kappa shape index (κ2) is 9.81. The maximum Gasteiger partial charge on any atom is 0.0596 e. The molecule has 0 bridgehead atoms. The Hall–Kier alpha value is -0.120. The molecule has 21 heavy (non-hydrogen) atoms. The van der Waals surface area contributed by atoms with Crippen LogP contribution < -0.4 is 5.32 Å². The van der Waals surface area contributed by atoms with Gasteiger partial charge in [-0.15, -0.1) is 0 Å². The first-order chi connectivity index (χ1) is 9.95. The third-order valence-corrected chi connectivity index (χ3v) is 4.92. The van der Waals surface area contributed by atoms with Crippen LogP contribution in [0.1, 0.15) is 60.3 Å². The summed E-state index contributed by atoms with van der Waals surface area (Å²) in [5.41, 5.74) is 0. The van der Waals surface area contributed by atoms with Gasteiger partial charge in [0.25, 0.3) is 0 Å². The number of hydrogen-bond donors (Lipinski definition) is 1. The van der Waals surface area contributed by atoms with Gasteiger partial charge in [-0.3, -0.25) is 4.90 Å². The second-order valence-corrected chi connectivity index (χ2v) is 7.35. The minimum Gasteiger partial charge on any atom is -0.377 e. The van der Waals surface area contributed by atoms with Crippen molar-refractivity contribution in [2.45, 2.75) is 78.5 Å². The molecule has 0 saturated heterocycles. The zero-order chi connectivity index (χ0) is 15.8. The van der Waals surface area contributed by atoms with Gasteiger partial charge in [-0.25, -0.2) is 0 Å². The summed E-state index contributed by atoms with van der Waals surface area (Å²) in [4.78, 5) is 2.53. The molecule has 0 radical (unpaired) electrons. The summed E-state index contributed by atoms with van der Waals surface area (Å²) in [5.74, 6) is 1.68. The van der Waals surface area contributed by atoms with Crippen molar-refractivity contribution in [1.82, 2.24) is 10.2 Å². The summed E-state index contributed by atoms with van der Waals surface area (Å²) >= 11 is 0. The van der Waals surface area contributed by atoms with Crippen molar-refractivity contribution in [1.29, 1.82) is 0 Å². The molecule has 126 valence electrons. The van der Waals surface area contributed by atoms with Crippen LogP contribution in [0.2, 0.25) is 0 Å². The highest BCUT2D eigenvalue weighted by Gasteiger charge is 2.33. The van der Waals surface area contributed by atoms with E-state index in [1.807, 2.05) is 0 Å². The van der Waals surface area contributed by atoms with Crippen LogP contribution >= 0.6 is 0 Å². The Balaban J connectivity index is 2.55. The number of hydrogen-bond acceptors (Lipinski definition) is 3. The minimum atomic E-state index is 0.335. The van der Waals surface area contributed by atoms with E-state index in [2.05, 4.69) is 51.9 Å². The Morgan fingerprint density at radius 1 is 1.19 bits per heavy atom. The van der Waals surface area contributed by atoms with E-state index >= 15 is 0 Å². The Bertz CT molecular complexity index is 268. The number of nitrogens with one attached hydrogen (secondary N) is 1. The van der Waals surface area contributed by atoms with Crippen molar-refractivity contribution >= 4 is 0 Å². The zero-order valence-corrected chi connectivity index (χ0v) is 15.2. The SMILES string of the molecule is CCCNC1CCC(C(C)C)CC1N(C)CCOC(C)C. The monoisotopic (exact) mass is 298 g/mol. The first-order valence-electron chi connectivity index (χ1n) is 9.00. The Labute approximate surface area is 132 Å². The van der Waals surface area contributed by atoms with Gasteiger partial charge in [0.05, 0.1) is 12.7 Å². The fourth-order valence-corrected chi connectivity index (χ4v) is 3.44. The first kappa shape index (κ1) is 18.9. The Kier molecular flexibility index (Phi) is 8.84. The van der Waals surface area contributed by atoms with Gasteiger partial charge in [0.1, 0.15) is 0 Å². The third-order valence-electron chi connectivity index (χ3n) is 4.92. The highest BCUT2D eigenvalue weighted by atomic mass is 16.5. The molecule has 1 aliphatic rings. The minimum absolute atomic E-state index is 0.335. The van der Waals surface area contributed by atoms with Gasteiger partial charge in [0.2, 0.25) is 0 Å². The van der Waals surface area contributed by atoms with Crippen molar-refractivity contribution in [3.05, 3.63) is 0 Å². The molecule has 3 heteroatoms. The predicted octanol–water partition coefficient (Wildman–Crippen LogP) is 3.54. The quantitative estimate of drug-likeness (QED) is 0.704. The molecule has 0 aromatic rings. The van der Waals surface area contributed by atoms with Crippen LogP contribution in [0.4, 0.5) is 0 Å². The van der Waals surface area contributed by atoms with Crippen LogP contribution in [0.25, 0.3) is 0 Å². The molecule has 3 atom stereocenters. The van der Waals surface area contributed by atoms with Crippen molar-refractivity contribution < 1.29 is 4.74 Å². The van der Waals surface area contributed by atoms with Gasteiger partial charge in [-0.05, 0) is 65.0 Å². The lowest BCUT2D eigenvalue weighted by Gasteiger charge is -2.43. The van der Waals surface area contributed by atoms with E-state index < -0.39 is 0 Å². The van der Waals surface area contributed by atoms with E-state index in [0.717, 1.165) is 31.5 Å². The van der Waals surface area contributed by atoms with E-state index in [0.29, 0.717) is 18.2 Å². The highest BCUT2D eigenvalue weighted by molar-refractivity contribution is 4.91. The third kappa shape index (κ3) is 6.66. The number of rotatable bonds is 9. The standard InChI is InChI=1S/C18H38N2O/c1-7-10-19-17-9-8-16(14(2)3)13-18(17)20(6)11-12-21-15(4)5/h14-19H,7-13H2,1-6H3. The lowest BCUT2D eigenvalue weighted by atomic mass is 9.76. The number of nitrogens with zero attached hydrogens (tertiary/aromatic N) is 1. The molecule has 3 nitrogen and oxygen atoms in total.